The van der Waals surface area contributed by atoms with E-state index >= 15 is 0 Å². The summed E-state index contributed by atoms with van der Waals surface area (Å²) in [6.07, 6.45) is 6.78. The Bertz CT molecular complexity index is 810. The highest BCUT2D eigenvalue weighted by Gasteiger charge is 2.05. The van der Waals surface area contributed by atoms with Gasteiger partial charge in [0.05, 0.1) is 0 Å². The molecule has 0 aliphatic heterocycles. The van der Waals surface area contributed by atoms with Gasteiger partial charge in [0, 0.05) is 11.6 Å². The maximum atomic E-state index is 6.10. The summed E-state index contributed by atoms with van der Waals surface area (Å²) >= 11 is 0. The molecule has 24 heavy (non-hydrogen) atoms. The van der Waals surface area contributed by atoms with E-state index in [1.165, 1.54) is 36.0 Å². The molecule has 0 aliphatic rings. The third kappa shape index (κ3) is 4.14. The Morgan fingerprint density at radius 3 is 2.71 bits per heavy atom. The van der Waals surface area contributed by atoms with Gasteiger partial charge >= 0.3 is 0 Å². The minimum Gasteiger partial charge on any atom is -0.487 e. The molecular formula is C22H25NO. The highest BCUT2D eigenvalue weighted by Crippen LogP contribution is 2.26. The highest BCUT2D eigenvalue weighted by molar-refractivity contribution is 5.85. The lowest BCUT2D eigenvalue weighted by Gasteiger charge is -2.11. The number of aryl methyl sites for hydroxylation is 2. The van der Waals surface area contributed by atoms with Crippen LogP contribution >= 0.6 is 0 Å². The van der Waals surface area contributed by atoms with Crippen molar-refractivity contribution in [3.8, 4) is 5.75 Å². The van der Waals surface area contributed by atoms with E-state index in [4.69, 9.17) is 4.74 Å². The molecule has 0 N–H and O–H groups in total. The molecule has 0 spiro atoms. The first kappa shape index (κ1) is 16.5. The summed E-state index contributed by atoms with van der Waals surface area (Å²) in [6.45, 7) is 4.91. The molecule has 0 radical (unpaired) electrons. The van der Waals surface area contributed by atoms with Gasteiger partial charge in [-0.05, 0) is 54.7 Å². The second-order valence-corrected chi connectivity index (χ2v) is 6.40. The van der Waals surface area contributed by atoms with Crippen molar-refractivity contribution in [3.63, 3.8) is 0 Å². The van der Waals surface area contributed by atoms with Crippen molar-refractivity contribution in [1.82, 2.24) is 4.98 Å². The van der Waals surface area contributed by atoms with Crippen molar-refractivity contribution in [2.45, 2.75) is 46.1 Å². The van der Waals surface area contributed by atoms with Gasteiger partial charge in [-0.3, -0.25) is 4.98 Å². The lowest BCUT2D eigenvalue weighted by atomic mass is 10.0. The number of pyridine rings is 1. The van der Waals surface area contributed by atoms with E-state index in [0.717, 1.165) is 23.1 Å². The largest absolute Gasteiger partial charge is 0.487 e. The number of fused-ring (bicyclic) bond motifs is 1. The fourth-order valence-corrected chi connectivity index (χ4v) is 3.03. The Hall–Kier alpha value is -2.35. The fourth-order valence-electron chi connectivity index (χ4n) is 3.03. The molecule has 0 aliphatic carbocycles. The second-order valence-electron chi connectivity index (χ2n) is 6.40. The van der Waals surface area contributed by atoms with E-state index in [1.54, 1.807) is 0 Å². The van der Waals surface area contributed by atoms with Crippen molar-refractivity contribution < 1.29 is 4.74 Å². The van der Waals surface area contributed by atoms with Gasteiger partial charge in [-0.25, -0.2) is 0 Å². The van der Waals surface area contributed by atoms with Gasteiger partial charge in [0.15, 0.2) is 0 Å². The molecule has 0 unspecified atom stereocenters. The number of unbranched alkanes of at least 4 members (excludes halogenated alkanes) is 2. The first-order chi connectivity index (χ1) is 11.8. The average molecular weight is 319 g/mol. The van der Waals surface area contributed by atoms with Gasteiger partial charge < -0.3 is 4.74 Å². The van der Waals surface area contributed by atoms with Crippen LogP contribution in [0.15, 0.2) is 54.7 Å². The number of ether oxygens (including phenoxy) is 1. The van der Waals surface area contributed by atoms with E-state index in [9.17, 15) is 0 Å². The summed E-state index contributed by atoms with van der Waals surface area (Å²) in [5.41, 5.74) is 4.74. The van der Waals surface area contributed by atoms with Crippen molar-refractivity contribution in [3.05, 3.63) is 71.4 Å². The zero-order valence-corrected chi connectivity index (χ0v) is 14.6. The Morgan fingerprint density at radius 2 is 1.83 bits per heavy atom. The van der Waals surface area contributed by atoms with Crippen molar-refractivity contribution in [2.24, 2.45) is 0 Å². The topological polar surface area (TPSA) is 22.1 Å². The van der Waals surface area contributed by atoms with Crippen LogP contribution in [0.25, 0.3) is 10.9 Å². The maximum Gasteiger partial charge on any atom is 0.146 e. The van der Waals surface area contributed by atoms with E-state index in [-0.39, 0.29) is 0 Å². The molecule has 0 fully saturated rings. The molecule has 2 aromatic carbocycles. The zero-order chi connectivity index (χ0) is 16.8. The summed E-state index contributed by atoms with van der Waals surface area (Å²) < 4.78 is 6.10. The highest BCUT2D eigenvalue weighted by atomic mass is 16.5. The van der Waals surface area contributed by atoms with Gasteiger partial charge in [0.1, 0.15) is 17.9 Å². The van der Waals surface area contributed by atoms with Crippen molar-refractivity contribution in [1.29, 1.82) is 0 Å². The first-order valence-corrected chi connectivity index (χ1v) is 8.82. The fraction of sp³-hybridized carbons (Fsp3) is 0.318. The SMILES string of the molecule is CCCCCc1cccc(COc2cc(C)cc3cccnc23)c1. The van der Waals surface area contributed by atoms with Crippen molar-refractivity contribution in [2.75, 3.05) is 0 Å². The van der Waals surface area contributed by atoms with Crippen LogP contribution in [0.1, 0.15) is 42.9 Å². The van der Waals surface area contributed by atoms with E-state index < -0.39 is 0 Å². The third-order valence-corrected chi connectivity index (χ3v) is 4.27. The van der Waals surface area contributed by atoms with Crippen LogP contribution in [-0.4, -0.2) is 4.98 Å². The standard InChI is InChI=1S/C22H25NO/c1-3-4-5-8-18-9-6-10-19(15-18)16-24-21-14-17(2)13-20-11-7-12-23-22(20)21/h6-7,9-15H,3-5,8,16H2,1-2H3. The predicted octanol–water partition coefficient (Wildman–Crippen LogP) is 5.85. The quantitative estimate of drug-likeness (QED) is 0.509. The lowest BCUT2D eigenvalue weighted by molar-refractivity contribution is 0.309. The molecule has 124 valence electrons. The number of rotatable bonds is 7. The molecule has 0 saturated carbocycles. The molecule has 1 heterocycles. The van der Waals surface area contributed by atoms with Gasteiger partial charge in [0.2, 0.25) is 0 Å². The first-order valence-electron chi connectivity index (χ1n) is 8.82. The third-order valence-electron chi connectivity index (χ3n) is 4.27. The zero-order valence-electron chi connectivity index (χ0n) is 14.6. The van der Waals surface area contributed by atoms with Crippen LogP contribution < -0.4 is 4.74 Å². The van der Waals surface area contributed by atoms with E-state index in [2.05, 4.69) is 61.3 Å². The Morgan fingerprint density at radius 1 is 0.958 bits per heavy atom. The Balaban J connectivity index is 1.73. The Kier molecular flexibility index (Phi) is 5.47. The van der Waals surface area contributed by atoms with E-state index in [0.29, 0.717) is 6.61 Å². The minimum atomic E-state index is 0.580. The monoisotopic (exact) mass is 319 g/mol. The molecule has 2 heteroatoms. The van der Waals surface area contributed by atoms with Crippen LogP contribution in [0.5, 0.6) is 5.75 Å². The molecule has 0 saturated heterocycles. The molecule has 2 nitrogen and oxygen atoms in total. The van der Waals surface area contributed by atoms with Gasteiger partial charge in [-0.15, -0.1) is 0 Å². The minimum absolute atomic E-state index is 0.580. The van der Waals surface area contributed by atoms with Crippen LogP contribution in [0, 0.1) is 6.92 Å². The molecule has 3 rings (SSSR count). The van der Waals surface area contributed by atoms with Crippen LogP contribution in [0.4, 0.5) is 0 Å². The number of nitrogens with zero attached hydrogens (tertiary/aromatic N) is 1. The van der Waals surface area contributed by atoms with Crippen LogP contribution in [0.2, 0.25) is 0 Å². The van der Waals surface area contributed by atoms with Gasteiger partial charge in [-0.1, -0.05) is 50.1 Å². The number of aromatic nitrogens is 1. The number of benzene rings is 2. The van der Waals surface area contributed by atoms with Gasteiger partial charge in [0.25, 0.3) is 0 Å². The number of hydrogen-bond acceptors (Lipinski definition) is 2. The molecule has 0 bridgehead atoms. The lowest BCUT2D eigenvalue weighted by Crippen LogP contribution is -1.98. The van der Waals surface area contributed by atoms with Crippen molar-refractivity contribution >= 4 is 10.9 Å². The molecule has 0 amide bonds. The summed E-state index contributed by atoms with van der Waals surface area (Å²) in [7, 11) is 0. The van der Waals surface area contributed by atoms with E-state index in [1.807, 2.05) is 12.3 Å². The maximum absolute atomic E-state index is 6.10. The number of hydrogen-bond donors (Lipinski definition) is 0. The molecular weight excluding hydrogens is 294 g/mol. The summed E-state index contributed by atoms with van der Waals surface area (Å²) in [5.74, 6) is 0.863. The summed E-state index contributed by atoms with van der Waals surface area (Å²) in [4.78, 5) is 4.48. The average Bonchev–Trinajstić information content (AvgIpc) is 2.60. The molecule has 1 aromatic heterocycles. The van der Waals surface area contributed by atoms with Crippen LogP contribution in [0.3, 0.4) is 0 Å². The molecule has 0 atom stereocenters. The smallest absolute Gasteiger partial charge is 0.146 e. The van der Waals surface area contributed by atoms with Crippen LogP contribution in [-0.2, 0) is 13.0 Å². The molecule has 3 aromatic rings. The second kappa shape index (κ2) is 7.96. The van der Waals surface area contributed by atoms with Gasteiger partial charge in [-0.2, -0.15) is 0 Å². The predicted molar refractivity (Wildman–Crippen MR) is 100 cm³/mol. The summed E-state index contributed by atoms with van der Waals surface area (Å²) in [5, 5.41) is 1.13. The normalized spacial score (nSPS) is 10.9. The summed E-state index contributed by atoms with van der Waals surface area (Å²) in [6, 6.07) is 17.0. The Labute approximate surface area is 144 Å².